The maximum absolute atomic E-state index is 11.7. The zero-order valence-corrected chi connectivity index (χ0v) is 30.7. The van der Waals surface area contributed by atoms with Crippen LogP contribution in [0.4, 0.5) is 0 Å². The van der Waals surface area contributed by atoms with E-state index in [4.69, 9.17) is 14.2 Å². The number of hydrogen-bond donors (Lipinski definition) is 1. The molecule has 6 heteroatoms. The quantitative estimate of drug-likeness (QED) is 0.0612. The molecule has 6 nitrogen and oxygen atoms in total. The molecule has 5 rings (SSSR count). The van der Waals surface area contributed by atoms with Crippen LogP contribution in [0.3, 0.4) is 0 Å². The number of benzene rings is 4. The zero-order valence-electron chi connectivity index (χ0n) is 30.7. The minimum Gasteiger partial charge on any atom is -0.489 e. The van der Waals surface area contributed by atoms with Crippen molar-refractivity contribution in [3.05, 3.63) is 162 Å². The van der Waals surface area contributed by atoms with Gasteiger partial charge in [0.15, 0.2) is 0 Å². The number of nitrogens with zero attached hydrogens (tertiary/aromatic N) is 2. The Morgan fingerprint density at radius 2 is 1.10 bits per heavy atom. The van der Waals surface area contributed by atoms with Crippen LogP contribution in [0, 0.1) is 0 Å². The van der Waals surface area contributed by atoms with Gasteiger partial charge in [0.2, 0.25) is 0 Å². The van der Waals surface area contributed by atoms with Crippen molar-refractivity contribution < 1.29 is 19.3 Å². The second kappa shape index (κ2) is 23.1. The van der Waals surface area contributed by atoms with Crippen molar-refractivity contribution in [2.45, 2.75) is 83.6 Å². The molecule has 0 fully saturated rings. The highest BCUT2D eigenvalue weighted by Crippen LogP contribution is 2.29. The van der Waals surface area contributed by atoms with Crippen LogP contribution in [0.5, 0.6) is 11.5 Å². The molecule has 0 aliphatic rings. The Hall–Kier alpha value is -4.49. The Balaban J connectivity index is 1.08. The summed E-state index contributed by atoms with van der Waals surface area (Å²) in [7, 11) is 0. The van der Waals surface area contributed by atoms with Gasteiger partial charge in [-0.05, 0) is 85.2 Å². The first-order valence-electron chi connectivity index (χ1n) is 19.1. The van der Waals surface area contributed by atoms with Crippen LogP contribution in [0.15, 0.2) is 134 Å². The van der Waals surface area contributed by atoms with Crippen molar-refractivity contribution in [1.82, 2.24) is 9.88 Å². The number of aryl methyl sites for hydroxylation is 1. The third kappa shape index (κ3) is 15.0. The van der Waals surface area contributed by atoms with Crippen LogP contribution >= 0.6 is 0 Å². The van der Waals surface area contributed by atoms with E-state index in [2.05, 4.69) is 70.5 Å². The Morgan fingerprint density at radius 3 is 1.67 bits per heavy atom. The second-order valence-corrected chi connectivity index (χ2v) is 13.5. The highest BCUT2D eigenvalue weighted by molar-refractivity contribution is 5.40. The van der Waals surface area contributed by atoms with Gasteiger partial charge in [-0.25, -0.2) is 0 Å². The molecule has 0 amide bonds. The lowest BCUT2D eigenvalue weighted by molar-refractivity contribution is 0.106. The van der Waals surface area contributed by atoms with Crippen molar-refractivity contribution in [3.63, 3.8) is 0 Å². The van der Waals surface area contributed by atoms with Gasteiger partial charge in [-0.15, -0.1) is 0 Å². The Morgan fingerprint density at radius 1 is 0.558 bits per heavy atom. The predicted octanol–water partition coefficient (Wildman–Crippen LogP) is 10.2. The molecule has 0 aliphatic heterocycles. The average molecular weight is 701 g/mol. The topological polar surface area (TPSA) is 64.1 Å². The average Bonchev–Trinajstić information content (AvgIpc) is 3.19. The SMILES string of the molecule is OC(CN(CCCCCCOCCCCCCc1ccccn1)Cc1ccccc1)c1cc(OCc2ccccc2)cc(OCc2ccccc2)c1. The van der Waals surface area contributed by atoms with Gasteiger partial charge in [-0.2, -0.15) is 0 Å². The summed E-state index contributed by atoms with van der Waals surface area (Å²) in [6.45, 7) is 4.77. The molecular formula is C46H56N2O4. The first kappa shape index (κ1) is 38.7. The number of aromatic nitrogens is 1. The van der Waals surface area contributed by atoms with Crippen LogP contribution in [-0.2, 0) is 30.9 Å². The highest BCUT2D eigenvalue weighted by atomic mass is 16.5. The molecule has 1 unspecified atom stereocenters. The molecule has 5 aromatic rings. The number of pyridine rings is 1. The van der Waals surface area contributed by atoms with Gasteiger partial charge in [0, 0.05) is 44.3 Å². The molecule has 4 aromatic carbocycles. The molecule has 0 saturated carbocycles. The molecule has 52 heavy (non-hydrogen) atoms. The first-order chi connectivity index (χ1) is 25.7. The summed E-state index contributed by atoms with van der Waals surface area (Å²) >= 11 is 0. The van der Waals surface area contributed by atoms with Crippen LogP contribution in [0.2, 0.25) is 0 Å². The van der Waals surface area contributed by atoms with Crippen molar-refractivity contribution in [3.8, 4) is 11.5 Å². The fourth-order valence-corrected chi connectivity index (χ4v) is 6.27. The third-order valence-electron chi connectivity index (χ3n) is 9.17. The van der Waals surface area contributed by atoms with E-state index in [0.29, 0.717) is 31.3 Å². The van der Waals surface area contributed by atoms with E-state index < -0.39 is 6.10 Å². The number of rotatable bonds is 25. The second-order valence-electron chi connectivity index (χ2n) is 13.5. The summed E-state index contributed by atoms with van der Waals surface area (Å²) in [5, 5.41) is 11.7. The molecule has 1 aromatic heterocycles. The summed E-state index contributed by atoms with van der Waals surface area (Å²) in [6, 6.07) is 42.7. The van der Waals surface area contributed by atoms with Crippen molar-refractivity contribution in [1.29, 1.82) is 0 Å². The molecule has 0 aliphatic carbocycles. The number of unbranched alkanes of at least 4 members (excludes halogenated alkanes) is 6. The van der Waals surface area contributed by atoms with Gasteiger partial charge < -0.3 is 19.3 Å². The number of hydrogen-bond acceptors (Lipinski definition) is 6. The molecular weight excluding hydrogens is 645 g/mol. The minimum absolute atomic E-state index is 0.441. The van der Waals surface area contributed by atoms with E-state index in [9.17, 15) is 5.11 Å². The van der Waals surface area contributed by atoms with E-state index in [1.807, 2.05) is 72.9 Å². The molecule has 1 N–H and O–H groups in total. The Kier molecular flexibility index (Phi) is 17.2. The van der Waals surface area contributed by atoms with E-state index in [1.165, 1.54) is 30.5 Å². The van der Waals surface area contributed by atoms with Gasteiger partial charge in [0.1, 0.15) is 24.7 Å². The lowest BCUT2D eigenvalue weighted by Gasteiger charge is -2.26. The smallest absolute Gasteiger partial charge is 0.123 e. The van der Waals surface area contributed by atoms with E-state index >= 15 is 0 Å². The van der Waals surface area contributed by atoms with Crippen molar-refractivity contribution in [2.24, 2.45) is 0 Å². The van der Waals surface area contributed by atoms with Gasteiger partial charge in [-0.3, -0.25) is 9.88 Å². The standard InChI is InChI=1S/C46H56N2O4/c49-46(42-32-44(51-37-40-22-10-6-11-23-40)34-45(33-42)52-38-41-24-12-7-13-25-41)36-48(35-39-20-8-5-9-21-39)29-17-2-4-19-31-50-30-18-3-1-14-26-43-27-15-16-28-47-43/h5-13,15-16,20-25,27-28,32-34,46,49H,1-4,14,17-19,26,29-31,35-38H2. The minimum atomic E-state index is -0.702. The molecule has 1 heterocycles. The number of aliphatic hydroxyl groups is 1. The molecule has 0 bridgehead atoms. The van der Waals surface area contributed by atoms with Crippen LogP contribution in [0.1, 0.15) is 85.4 Å². The molecule has 0 radical (unpaired) electrons. The Labute approximate surface area is 311 Å². The first-order valence-corrected chi connectivity index (χ1v) is 19.1. The number of aliphatic hydroxyl groups excluding tert-OH is 1. The monoisotopic (exact) mass is 700 g/mol. The van der Waals surface area contributed by atoms with Gasteiger partial charge in [-0.1, -0.05) is 123 Å². The largest absolute Gasteiger partial charge is 0.489 e. The molecule has 274 valence electrons. The lowest BCUT2D eigenvalue weighted by Crippen LogP contribution is -2.29. The van der Waals surface area contributed by atoms with E-state index in [1.54, 1.807) is 0 Å². The maximum Gasteiger partial charge on any atom is 0.123 e. The summed E-state index contributed by atoms with van der Waals surface area (Å²) in [6.07, 6.45) is 11.4. The van der Waals surface area contributed by atoms with Crippen molar-refractivity contribution in [2.75, 3.05) is 26.3 Å². The Bertz CT molecular complexity index is 1580. The maximum atomic E-state index is 11.7. The van der Waals surface area contributed by atoms with E-state index in [0.717, 1.165) is 81.5 Å². The van der Waals surface area contributed by atoms with Crippen molar-refractivity contribution >= 4 is 0 Å². The summed E-state index contributed by atoms with van der Waals surface area (Å²) in [5.74, 6) is 1.36. The summed E-state index contributed by atoms with van der Waals surface area (Å²) in [4.78, 5) is 6.77. The summed E-state index contributed by atoms with van der Waals surface area (Å²) in [5.41, 5.74) is 5.39. The lowest BCUT2D eigenvalue weighted by atomic mass is 10.1. The highest BCUT2D eigenvalue weighted by Gasteiger charge is 2.17. The fraction of sp³-hybridized carbons (Fsp3) is 0.370. The van der Waals surface area contributed by atoms with E-state index in [-0.39, 0.29) is 0 Å². The normalized spacial score (nSPS) is 11.8. The predicted molar refractivity (Wildman–Crippen MR) is 210 cm³/mol. The van der Waals surface area contributed by atoms with Crippen LogP contribution in [-0.4, -0.2) is 41.3 Å². The van der Waals surface area contributed by atoms with Gasteiger partial charge >= 0.3 is 0 Å². The van der Waals surface area contributed by atoms with Crippen LogP contribution < -0.4 is 9.47 Å². The summed E-state index contributed by atoms with van der Waals surface area (Å²) < 4.78 is 18.4. The molecule has 0 spiro atoms. The van der Waals surface area contributed by atoms with Gasteiger partial charge in [0.25, 0.3) is 0 Å². The van der Waals surface area contributed by atoms with Crippen LogP contribution in [0.25, 0.3) is 0 Å². The van der Waals surface area contributed by atoms with Gasteiger partial charge in [0.05, 0.1) is 6.10 Å². The zero-order chi connectivity index (χ0) is 35.9. The molecule has 1 atom stereocenters. The molecule has 0 saturated heterocycles. The third-order valence-corrected chi connectivity index (χ3v) is 9.17. The fourth-order valence-electron chi connectivity index (χ4n) is 6.27. The number of ether oxygens (including phenoxy) is 3.